The molecule has 1 aromatic rings. The third kappa shape index (κ3) is 2.30. The fourth-order valence-electron chi connectivity index (χ4n) is 9.55. The van der Waals surface area contributed by atoms with E-state index < -0.39 is 11.2 Å². The summed E-state index contributed by atoms with van der Waals surface area (Å²) < 4.78 is 12.3. The summed E-state index contributed by atoms with van der Waals surface area (Å²) in [6.07, 6.45) is 12.6. The summed E-state index contributed by atoms with van der Waals surface area (Å²) in [5.74, 6) is 0.128. The van der Waals surface area contributed by atoms with Crippen LogP contribution in [-0.4, -0.2) is 28.3 Å². The number of ether oxygens (including phenoxy) is 2. The van der Waals surface area contributed by atoms with Gasteiger partial charge in [0.2, 0.25) is 0 Å². The second-order valence-corrected chi connectivity index (χ2v) is 12.7. The van der Waals surface area contributed by atoms with Crippen LogP contribution in [0.5, 0.6) is 0 Å². The van der Waals surface area contributed by atoms with Crippen molar-refractivity contribution in [3.8, 4) is 6.07 Å². The lowest BCUT2D eigenvalue weighted by Crippen LogP contribution is -2.68. The van der Waals surface area contributed by atoms with E-state index in [2.05, 4.69) is 50.9 Å². The molecule has 1 spiro atoms. The number of allylic oxidation sites excluding steroid dienone is 2. The van der Waals surface area contributed by atoms with Crippen LogP contribution in [0.15, 0.2) is 30.6 Å². The Kier molecular flexibility index (Phi) is 4.27. The average molecular weight is 461 g/mol. The van der Waals surface area contributed by atoms with Gasteiger partial charge in [0, 0.05) is 31.2 Å². The number of hydrogen-bond acceptors (Lipinski definition) is 5. The number of carbonyl (C=O) groups is 1. The van der Waals surface area contributed by atoms with Crippen LogP contribution in [0, 0.1) is 38.9 Å². The number of pyridine rings is 1. The number of nitrogens with zero attached hydrogens (tertiary/aromatic N) is 2. The SMILES string of the molecule is CC(=O)O[C@H]1CC[C@@]2(C)[C@@]3(C1)O[C@@]3(C#N)CC1[C@]2(C)CC[C@]2(C)C(c3cccnc3)=CC[C@@]12C. The minimum absolute atomic E-state index is 0.0387. The van der Waals surface area contributed by atoms with Gasteiger partial charge in [0.15, 0.2) is 5.60 Å². The lowest BCUT2D eigenvalue weighted by molar-refractivity contribution is -0.197. The van der Waals surface area contributed by atoms with E-state index in [4.69, 9.17) is 9.47 Å². The molecule has 4 aliphatic carbocycles. The van der Waals surface area contributed by atoms with Crippen LogP contribution in [0.3, 0.4) is 0 Å². The molecule has 5 aliphatic rings. The molecule has 0 N–H and O–H groups in total. The molecule has 8 atom stereocenters. The molecule has 1 aliphatic heterocycles. The van der Waals surface area contributed by atoms with Crippen LogP contribution >= 0.6 is 0 Å². The monoisotopic (exact) mass is 460 g/mol. The van der Waals surface area contributed by atoms with Gasteiger partial charge >= 0.3 is 5.97 Å². The average Bonchev–Trinajstić information content (AvgIpc) is 3.37. The number of hydrogen-bond donors (Lipinski definition) is 0. The molecule has 1 unspecified atom stereocenters. The van der Waals surface area contributed by atoms with Crippen LogP contribution in [0.25, 0.3) is 5.57 Å². The van der Waals surface area contributed by atoms with Gasteiger partial charge in [-0.3, -0.25) is 9.78 Å². The quantitative estimate of drug-likeness (QED) is 0.408. The fraction of sp³-hybridized carbons (Fsp3) is 0.690. The molecular weight excluding hydrogens is 424 g/mol. The summed E-state index contributed by atoms with van der Waals surface area (Å²) in [5.41, 5.74) is 1.37. The van der Waals surface area contributed by atoms with Crippen molar-refractivity contribution in [3.63, 3.8) is 0 Å². The molecule has 0 radical (unpaired) electrons. The second kappa shape index (κ2) is 6.52. The lowest BCUT2D eigenvalue weighted by Gasteiger charge is -2.68. The van der Waals surface area contributed by atoms with E-state index in [1.54, 1.807) is 0 Å². The summed E-state index contributed by atoms with van der Waals surface area (Å²) in [4.78, 5) is 16.1. The van der Waals surface area contributed by atoms with Crippen molar-refractivity contribution in [1.82, 2.24) is 4.98 Å². The molecule has 5 nitrogen and oxygen atoms in total. The Morgan fingerprint density at radius 2 is 1.97 bits per heavy atom. The molecule has 0 amide bonds. The molecule has 2 heterocycles. The van der Waals surface area contributed by atoms with E-state index in [9.17, 15) is 10.1 Å². The Hall–Kier alpha value is -2.19. The third-order valence-electron chi connectivity index (χ3n) is 11.8. The maximum atomic E-state index is 11.7. The van der Waals surface area contributed by atoms with Crippen molar-refractivity contribution in [2.24, 2.45) is 27.6 Å². The van der Waals surface area contributed by atoms with Gasteiger partial charge in [-0.2, -0.15) is 5.26 Å². The van der Waals surface area contributed by atoms with Gasteiger partial charge in [-0.05, 0) is 77.9 Å². The first-order chi connectivity index (χ1) is 16.0. The highest BCUT2D eigenvalue weighted by molar-refractivity contribution is 5.73. The molecule has 0 bridgehead atoms. The zero-order valence-corrected chi connectivity index (χ0v) is 21.1. The highest BCUT2D eigenvalue weighted by Gasteiger charge is 2.88. The van der Waals surface area contributed by atoms with Crippen molar-refractivity contribution in [1.29, 1.82) is 5.26 Å². The van der Waals surface area contributed by atoms with E-state index in [-0.39, 0.29) is 33.7 Å². The molecule has 1 aromatic heterocycles. The largest absolute Gasteiger partial charge is 0.462 e. The first-order valence-corrected chi connectivity index (χ1v) is 12.9. The fourth-order valence-corrected chi connectivity index (χ4v) is 9.55. The Labute approximate surface area is 202 Å². The Bertz CT molecular complexity index is 1140. The summed E-state index contributed by atoms with van der Waals surface area (Å²) in [6.45, 7) is 11.3. The first-order valence-electron chi connectivity index (χ1n) is 12.9. The van der Waals surface area contributed by atoms with E-state index in [0.29, 0.717) is 12.3 Å². The van der Waals surface area contributed by atoms with Crippen LogP contribution in [0.1, 0.15) is 85.1 Å². The number of aromatic nitrogens is 1. The van der Waals surface area contributed by atoms with Crippen molar-refractivity contribution in [2.75, 3.05) is 0 Å². The van der Waals surface area contributed by atoms with Crippen LogP contribution in [0.4, 0.5) is 0 Å². The molecule has 6 rings (SSSR count). The summed E-state index contributed by atoms with van der Waals surface area (Å²) in [6, 6.07) is 6.88. The third-order valence-corrected chi connectivity index (χ3v) is 11.8. The molecule has 3 saturated carbocycles. The number of epoxide rings is 1. The Balaban J connectivity index is 1.42. The first kappa shape index (κ1) is 22.3. The zero-order valence-electron chi connectivity index (χ0n) is 21.1. The van der Waals surface area contributed by atoms with Crippen molar-refractivity contribution in [3.05, 3.63) is 36.2 Å². The van der Waals surface area contributed by atoms with Gasteiger partial charge < -0.3 is 9.47 Å². The van der Waals surface area contributed by atoms with E-state index in [1.807, 2.05) is 18.5 Å². The summed E-state index contributed by atoms with van der Waals surface area (Å²) in [7, 11) is 0. The highest BCUT2D eigenvalue weighted by atomic mass is 16.6. The van der Waals surface area contributed by atoms with Crippen molar-refractivity contribution in [2.45, 2.75) is 96.9 Å². The van der Waals surface area contributed by atoms with E-state index in [1.165, 1.54) is 18.1 Å². The van der Waals surface area contributed by atoms with Crippen LogP contribution < -0.4 is 0 Å². The maximum Gasteiger partial charge on any atom is 0.302 e. The Morgan fingerprint density at radius 1 is 1.18 bits per heavy atom. The van der Waals surface area contributed by atoms with Crippen LogP contribution in [0.2, 0.25) is 0 Å². The number of carbonyl (C=O) groups excluding carboxylic acids is 1. The molecule has 34 heavy (non-hydrogen) atoms. The normalized spacial score (nSPS) is 50.5. The molecular formula is C29H36N2O3. The van der Waals surface area contributed by atoms with Crippen molar-refractivity contribution < 1.29 is 14.3 Å². The van der Waals surface area contributed by atoms with Gasteiger partial charge in [0.25, 0.3) is 0 Å². The van der Waals surface area contributed by atoms with Gasteiger partial charge in [-0.25, -0.2) is 0 Å². The molecule has 5 heteroatoms. The predicted molar refractivity (Wildman–Crippen MR) is 128 cm³/mol. The summed E-state index contributed by atoms with van der Waals surface area (Å²) >= 11 is 0. The van der Waals surface area contributed by atoms with Gasteiger partial charge in [-0.15, -0.1) is 0 Å². The van der Waals surface area contributed by atoms with Crippen molar-refractivity contribution >= 4 is 11.5 Å². The van der Waals surface area contributed by atoms with E-state index in [0.717, 1.165) is 38.5 Å². The zero-order chi connectivity index (χ0) is 24.2. The molecule has 1 saturated heterocycles. The van der Waals surface area contributed by atoms with Gasteiger partial charge in [-0.1, -0.05) is 39.8 Å². The lowest BCUT2D eigenvalue weighted by atomic mass is 9.33. The second-order valence-electron chi connectivity index (χ2n) is 12.7. The predicted octanol–water partition coefficient (Wildman–Crippen LogP) is 5.85. The van der Waals surface area contributed by atoms with Gasteiger partial charge in [0.1, 0.15) is 17.8 Å². The number of rotatable bonds is 2. The van der Waals surface area contributed by atoms with Gasteiger partial charge in [0.05, 0.1) is 0 Å². The van der Waals surface area contributed by atoms with Crippen LogP contribution in [-0.2, 0) is 14.3 Å². The number of nitriles is 1. The minimum atomic E-state index is -0.775. The minimum Gasteiger partial charge on any atom is -0.462 e. The topological polar surface area (TPSA) is 75.5 Å². The number of esters is 1. The number of fused-ring (bicyclic) bond motifs is 4. The standard InChI is InChI=1S/C29H36N2O3/c1-19(32)33-21-8-11-27(5)26(4)13-12-24(2)22(20-7-6-14-31-17-20)9-10-25(24,3)23(26)16-28(18-30)29(27,15-21)34-28/h6-7,9,14,17,21,23H,8,10-13,15-16H2,1-5H3/t21-,23?,24+,25-,26-,27+,28+,29+/m0/s1. The molecule has 180 valence electrons. The maximum absolute atomic E-state index is 11.7. The smallest absolute Gasteiger partial charge is 0.302 e. The summed E-state index contributed by atoms with van der Waals surface area (Å²) in [5, 5.41) is 10.5. The molecule has 0 aromatic carbocycles. The highest BCUT2D eigenvalue weighted by Crippen LogP contribution is 2.83. The Morgan fingerprint density at radius 3 is 2.65 bits per heavy atom. The molecule has 4 fully saturated rings. The van der Waals surface area contributed by atoms with E-state index >= 15 is 0 Å².